The van der Waals surface area contributed by atoms with E-state index in [0.29, 0.717) is 5.41 Å². The van der Waals surface area contributed by atoms with Gasteiger partial charge >= 0.3 is 0 Å². The molecule has 2 fully saturated rings. The lowest BCUT2D eigenvalue weighted by atomic mass is 9.77. The van der Waals surface area contributed by atoms with E-state index in [1.807, 2.05) is 0 Å². The summed E-state index contributed by atoms with van der Waals surface area (Å²) in [5, 5.41) is 0. The van der Waals surface area contributed by atoms with E-state index in [0.717, 1.165) is 0 Å². The highest BCUT2D eigenvalue weighted by molar-refractivity contribution is 5.26. The number of benzene rings is 1. The van der Waals surface area contributed by atoms with E-state index in [4.69, 9.17) is 0 Å². The van der Waals surface area contributed by atoms with Gasteiger partial charge in [-0.25, -0.2) is 0 Å². The molecule has 0 bridgehead atoms. The SMILES string of the molecule is C[N+]1(CC2(c3ccccc3)CCCC2)CCCCCCC1. The number of rotatable bonds is 3. The van der Waals surface area contributed by atoms with Gasteiger partial charge in [-0.3, -0.25) is 0 Å². The Hall–Kier alpha value is -0.820. The van der Waals surface area contributed by atoms with Crippen molar-refractivity contribution in [1.29, 1.82) is 0 Å². The van der Waals surface area contributed by atoms with Gasteiger partial charge in [0.1, 0.15) is 0 Å². The molecule has 1 nitrogen and oxygen atoms in total. The third-order valence-electron chi connectivity index (χ3n) is 6.03. The van der Waals surface area contributed by atoms with Crippen LogP contribution in [-0.4, -0.2) is 31.2 Å². The number of quaternary nitrogens is 1. The first-order chi connectivity index (χ1) is 10.2. The van der Waals surface area contributed by atoms with Gasteiger partial charge in [0.15, 0.2) is 0 Å². The van der Waals surface area contributed by atoms with Crippen molar-refractivity contribution >= 4 is 0 Å². The van der Waals surface area contributed by atoms with Gasteiger partial charge in [0.25, 0.3) is 0 Å². The van der Waals surface area contributed by atoms with E-state index >= 15 is 0 Å². The van der Waals surface area contributed by atoms with Crippen molar-refractivity contribution in [3.05, 3.63) is 35.9 Å². The van der Waals surface area contributed by atoms with E-state index < -0.39 is 0 Å². The summed E-state index contributed by atoms with van der Waals surface area (Å²) >= 11 is 0. The first-order valence-electron chi connectivity index (χ1n) is 9.12. The first kappa shape index (κ1) is 15.1. The fourth-order valence-electron chi connectivity index (χ4n) is 4.90. The molecule has 1 aliphatic carbocycles. The summed E-state index contributed by atoms with van der Waals surface area (Å²) in [6, 6.07) is 11.4. The summed E-state index contributed by atoms with van der Waals surface area (Å²) in [4.78, 5) is 0. The molecule has 0 spiro atoms. The maximum absolute atomic E-state index is 2.54. The fourth-order valence-corrected chi connectivity index (χ4v) is 4.90. The molecule has 0 atom stereocenters. The predicted molar refractivity (Wildman–Crippen MR) is 90.5 cm³/mol. The second-order valence-electron chi connectivity index (χ2n) is 7.85. The molecule has 116 valence electrons. The molecule has 0 radical (unpaired) electrons. The summed E-state index contributed by atoms with van der Waals surface area (Å²) in [6.45, 7) is 4.17. The molecule has 2 aliphatic rings. The number of hydrogen-bond acceptors (Lipinski definition) is 0. The normalized spacial score (nSPS) is 25.2. The van der Waals surface area contributed by atoms with E-state index in [1.165, 1.54) is 81.9 Å². The van der Waals surface area contributed by atoms with Crippen LogP contribution >= 0.6 is 0 Å². The Morgan fingerprint density at radius 1 is 0.810 bits per heavy atom. The fraction of sp³-hybridized carbons (Fsp3) is 0.700. The number of likely N-dealkylation sites (N-methyl/N-ethyl adjacent to an activating group) is 1. The number of nitrogens with zero attached hydrogens (tertiary/aromatic N) is 1. The van der Waals surface area contributed by atoms with E-state index in [2.05, 4.69) is 37.4 Å². The second-order valence-corrected chi connectivity index (χ2v) is 7.85. The van der Waals surface area contributed by atoms with Crippen LogP contribution in [0.5, 0.6) is 0 Å². The summed E-state index contributed by atoms with van der Waals surface area (Å²) < 4.78 is 1.31. The molecule has 1 aromatic rings. The minimum Gasteiger partial charge on any atom is -0.325 e. The minimum atomic E-state index is 0.467. The van der Waals surface area contributed by atoms with Crippen molar-refractivity contribution in [2.24, 2.45) is 0 Å². The van der Waals surface area contributed by atoms with Gasteiger partial charge in [0.2, 0.25) is 0 Å². The third kappa shape index (κ3) is 3.51. The van der Waals surface area contributed by atoms with Crippen LogP contribution in [-0.2, 0) is 5.41 Å². The third-order valence-corrected chi connectivity index (χ3v) is 6.03. The molecule has 1 heterocycles. The Labute approximate surface area is 130 Å². The monoisotopic (exact) mass is 286 g/mol. The van der Waals surface area contributed by atoms with Crippen molar-refractivity contribution < 1.29 is 4.48 Å². The van der Waals surface area contributed by atoms with Crippen LogP contribution < -0.4 is 0 Å². The van der Waals surface area contributed by atoms with Crippen LogP contribution in [0.1, 0.15) is 63.4 Å². The molecule has 1 heteroatoms. The van der Waals surface area contributed by atoms with Crippen molar-refractivity contribution in [2.45, 2.75) is 63.2 Å². The zero-order valence-corrected chi connectivity index (χ0v) is 13.8. The van der Waals surface area contributed by atoms with Crippen LogP contribution in [0.15, 0.2) is 30.3 Å². The maximum Gasteiger partial charge on any atom is 0.0882 e. The van der Waals surface area contributed by atoms with Gasteiger partial charge < -0.3 is 4.48 Å². The molecule has 1 aliphatic heterocycles. The zero-order chi connectivity index (χ0) is 14.6. The lowest BCUT2D eigenvalue weighted by Gasteiger charge is -2.43. The molecule has 0 aromatic heterocycles. The van der Waals surface area contributed by atoms with Crippen molar-refractivity contribution in [1.82, 2.24) is 0 Å². The zero-order valence-electron chi connectivity index (χ0n) is 13.8. The number of hydrogen-bond donors (Lipinski definition) is 0. The van der Waals surface area contributed by atoms with Gasteiger partial charge in [0.05, 0.1) is 26.7 Å². The van der Waals surface area contributed by atoms with Crippen LogP contribution in [0.25, 0.3) is 0 Å². The molecule has 21 heavy (non-hydrogen) atoms. The number of likely N-dealkylation sites (tertiary alicyclic amines) is 1. The topological polar surface area (TPSA) is 0 Å². The highest BCUT2D eigenvalue weighted by atomic mass is 15.3. The second kappa shape index (κ2) is 6.52. The Morgan fingerprint density at radius 3 is 2.00 bits per heavy atom. The maximum atomic E-state index is 2.54. The molecule has 1 saturated carbocycles. The Morgan fingerprint density at radius 2 is 1.38 bits per heavy atom. The summed E-state index contributed by atoms with van der Waals surface area (Å²) in [7, 11) is 2.54. The molecule has 0 N–H and O–H groups in total. The molecule has 0 amide bonds. The van der Waals surface area contributed by atoms with Crippen LogP contribution in [0, 0.1) is 0 Å². The quantitative estimate of drug-likeness (QED) is 0.693. The summed E-state index contributed by atoms with van der Waals surface area (Å²) in [5.74, 6) is 0. The van der Waals surface area contributed by atoms with Crippen LogP contribution in [0.2, 0.25) is 0 Å². The van der Waals surface area contributed by atoms with Gasteiger partial charge in [0, 0.05) is 5.41 Å². The average molecular weight is 286 g/mol. The minimum absolute atomic E-state index is 0.467. The molecule has 0 unspecified atom stereocenters. The molecular formula is C20H32N+. The Kier molecular flexibility index (Phi) is 4.69. The van der Waals surface area contributed by atoms with E-state index in [1.54, 1.807) is 5.56 Å². The van der Waals surface area contributed by atoms with Gasteiger partial charge in [-0.05, 0) is 44.1 Å². The van der Waals surface area contributed by atoms with E-state index in [-0.39, 0.29) is 0 Å². The lowest BCUT2D eigenvalue weighted by molar-refractivity contribution is -0.914. The molecular weight excluding hydrogens is 254 g/mol. The predicted octanol–water partition coefficient (Wildman–Crippen LogP) is 4.91. The van der Waals surface area contributed by atoms with Crippen molar-refractivity contribution in [2.75, 3.05) is 26.7 Å². The molecule has 1 aromatic carbocycles. The van der Waals surface area contributed by atoms with E-state index in [9.17, 15) is 0 Å². The Bertz CT molecular complexity index is 422. The average Bonchev–Trinajstić information content (AvgIpc) is 2.94. The van der Waals surface area contributed by atoms with Gasteiger partial charge in [-0.15, -0.1) is 0 Å². The molecule has 1 saturated heterocycles. The van der Waals surface area contributed by atoms with Crippen molar-refractivity contribution in [3.63, 3.8) is 0 Å². The highest BCUT2D eigenvalue weighted by Gasteiger charge is 2.42. The van der Waals surface area contributed by atoms with Gasteiger partial charge in [-0.2, -0.15) is 0 Å². The summed E-state index contributed by atoms with van der Waals surface area (Å²) in [6.07, 6.45) is 12.9. The largest absolute Gasteiger partial charge is 0.325 e. The lowest BCUT2D eigenvalue weighted by Crippen LogP contribution is -2.53. The van der Waals surface area contributed by atoms with Crippen LogP contribution in [0.4, 0.5) is 0 Å². The van der Waals surface area contributed by atoms with Crippen molar-refractivity contribution in [3.8, 4) is 0 Å². The smallest absolute Gasteiger partial charge is 0.0882 e. The van der Waals surface area contributed by atoms with Crippen LogP contribution in [0.3, 0.4) is 0 Å². The highest BCUT2D eigenvalue weighted by Crippen LogP contribution is 2.43. The Balaban J connectivity index is 1.81. The first-order valence-corrected chi connectivity index (χ1v) is 9.12. The van der Waals surface area contributed by atoms with Gasteiger partial charge in [-0.1, -0.05) is 49.6 Å². The summed E-state index contributed by atoms with van der Waals surface area (Å²) in [5.41, 5.74) is 2.08. The standard InChI is InChI=1S/C20H32N/c1-21(16-10-3-2-4-11-17-21)18-20(14-8-9-15-20)19-12-6-5-7-13-19/h5-7,12-13H,2-4,8-11,14-18H2,1H3/q+1. The molecule has 3 rings (SSSR count).